The fraction of sp³-hybridized carbons (Fsp3) is 0.462. The molecule has 0 aromatic rings. The van der Waals surface area contributed by atoms with Crippen molar-refractivity contribution >= 4 is 5.78 Å². The summed E-state index contributed by atoms with van der Waals surface area (Å²) in [4.78, 5) is 11.6. The molecule has 0 saturated carbocycles. The predicted molar refractivity (Wildman–Crippen MR) is 57.9 cm³/mol. The van der Waals surface area contributed by atoms with Crippen LogP contribution in [0.2, 0.25) is 0 Å². The minimum absolute atomic E-state index is 0.299. The molecule has 0 aliphatic heterocycles. The largest absolute Gasteiger partial charge is 0.295 e. The maximum atomic E-state index is 11.6. The van der Waals surface area contributed by atoms with Crippen molar-refractivity contribution in [3.63, 3.8) is 0 Å². The van der Waals surface area contributed by atoms with Gasteiger partial charge in [-0.15, -0.1) is 0 Å². The summed E-state index contributed by atoms with van der Waals surface area (Å²) in [6, 6.07) is 0. The topological polar surface area (TPSA) is 17.1 Å². The van der Waals surface area contributed by atoms with E-state index < -0.39 is 0 Å². The average molecular weight is 188 g/mol. The Morgan fingerprint density at radius 3 is 2.71 bits per heavy atom. The summed E-state index contributed by atoms with van der Waals surface area (Å²) in [5.41, 5.74) is 2.31. The van der Waals surface area contributed by atoms with Gasteiger partial charge in [-0.05, 0) is 17.9 Å². The van der Waals surface area contributed by atoms with Crippen LogP contribution in [-0.2, 0) is 4.79 Å². The highest BCUT2D eigenvalue weighted by Gasteiger charge is 2.25. The first-order valence-corrected chi connectivity index (χ1v) is 5.31. The van der Waals surface area contributed by atoms with Crippen LogP contribution in [0.5, 0.6) is 0 Å². The number of rotatable bonds is 0. The number of hydrogen-bond acceptors (Lipinski definition) is 1. The summed E-state index contributed by atoms with van der Waals surface area (Å²) < 4.78 is 0. The van der Waals surface area contributed by atoms with Crippen LogP contribution in [-0.4, -0.2) is 5.78 Å². The Morgan fingerprint density at radius 1 is 1.14 bits per heavy atom. The molecule has 1 heteroatoms. The van der Waals surface area contributed by atoms with E-state index in [2.05, 4.69) is 38.2 Å². The van der Waals surface area contributed by atoms with Gasteiger partial charge in [-0.3, -0.25) is 4.79 Å². The lowest BCUT2D eigenvalue weighted by Gasteiger charge is -2.12. The maximum absolute atomic E-state index is 11.6. The van der Waals surface area contributed by atoms with Crippen molar-refractivity contribution < 1.29 is 4.79 Å². The first-order valence-electron chi connectivity index (χ1n) is 5.31. The van der Waals surface area contributed by atoms with Crippen LogP contribution in [0.25, 0.3) is 0 Å². The Kier molecular flexibility index (Phi) is 2.40. The van der Waals surface area contributed by atoms with Gasteiger partial charge in [0, 0.05) is 17.9 Å². The Labute approximate surface area is 85.2 Å². The Morgan fingerprint density at radius 2 is 1.93 bits per heavy atom. The molecule has 74 valence electrons. The van der Waals surface area contributed by atoms with Gasteiger partial charge in [0.2, 0.25) is 0 Å². The SMILES string of the molecule is CC1/C=C\C2=C(C(=O)CC2)C(C)/C=C\1. The highest BCUT2D eigenvalue weighted by molar-refractivity contribution is 6.00. The standard InChI is InChI=1S/C13H16O/c1-9-3-5-10(2)13-11(6-4-9)7-8-12(13)14/h3-6,9-10H,7-8H2,1-2H3/b5-3-,6-4-. The van der Waals surface area contributed by atoms with Crippen molar-refractivity contribution in [2.75, 3.05) is 0 Å². The van der Waals surface area contributed by atoms with E-state index in [0.717, 1.165) is 12.0 Å². The van der Waals surface area contributed by atoms with Crippen molar-refractivity contribution in [3.8, 4) is 0 Å². The molecule has 0 spiro atoms. The molecule has 0 N–H and O–H groups in total. The van der Waals surface area contributed by atoms with Gasteiger partial charge in [0.1, 0.15) is 0 Å². The van der Waals surface area contributed by atoms with Crippen LogP contribution in [0.1, 0.15) is 26.7 Å². The van der Waals surface area contributed by atoms with Gasteiger partial charge in [-0.25, -0.2) is 0 Å². The van der Waals surface area contributed by atoms with Crippen LogP contribution in [0.3, 0.4) is 0 Å². The minimum Gasteiger partial charge on any atom is -0.295 e. The van der Waals surface area contributed by atoms with E-state index in [4.69, 9.17) is 0 Å². The van der Waals surface area contributed by atoms with Gasteiger partial charge in [-0.2, -0.15) is 0 Å². The Balaban J connectivity index is 2.42. The minimum atomic E-state index is 0.299. The second-order valence-electron chi connectivity index (χ2n) is 4.25. The molecule has 0 bridgehead atoms. The van der Waals surface area contributed by atoms with Gasteiger partial charge in [0.05, 0.1) is 0 Å². The molecule has 0 fully saturated rings. The van der Waals surface area contributed by atoms with E-state index in [1.165, 1.54) is 5.57 Å². The molecule has 2 aliphatic carbocycles. The molecule has 0 amide bonds. The number of ketones is 1. The number of carbonyl (C=O) groups excluding carboxylic acids is 1. The quantitative estimate of drug-likeness (QED) is 0.534. The molecule has 0 aromatic carbocycles. The third-order valence-electron chi connectivity index (χ3n) is 3.03. The molecule has 1 nitrogen and oxygen atoms in total. The third-order valence-corrected chi connectivity index (χ3v) is 3.03. The Hall–Kier alpha value is -1.11. The molecular weight excluding hydrogens is 172 g/mol. The first-order chi connectivity index (χ1) is 6.68. The van der Waals surface area contributed by atoms with E-state index in [-0.39, 0.29) is 0 Å². The molecule has 0 heterocycles. The van der Waals surface area contributed by atoms with Crippen LogP contribution in [0.4, 0.5) is 0 Å². The highest BCUT2D eigenvalue weighted by Crippen LogP contribution is 2.31. The lowest BCUT2D eigenvalue weighted by Crippen LogP contribution is -2.06. The first kappa shape index (κ1) is 9.45. The second-order valence-corrected chi connectivity index (χ2v) is 4.25. The van der Waals surface area contributed by atoms with E-state index in [1.54, 1.807) is 0 Å². The normalized spacial score (nSPS) is 36.3. The summed E-state index contributed by atoms with van der Waals surface area (Å²) in [5, 5.41) is 0. The van der Waals surface area contributed by atoms with E-state index in [0.29, 0.717) is 24.0 Å². The van der Waals surface area contributed by atoms with E-state index in [1.807, 2.05) is 0 Å². The highest BCUT2D eigenvalue weighted by atomic mass is 16.1. The van der Waals surface area contributed by atoms with Gasteiger partial charge in [0.25, 0.3) is 0 Å². The van der Waals surface area contributed by atoms with E-state index in [9.17, 15) is 4.79 Å². The number of allylic oxidation sites excluding steroid dienone is 6. The zero-order valence-corrected chi connectivity index (χ0v) is 8.79. The molecule has 2 aliphatic rings. The third kappa shape index (κ3) is 1.59. The number of hydrogen-bond donors (Lipinski definition) is 0. The zero-order chi connectivity index (χ0) is 10.1. The van der Waals surface area contributed by atoms with Crippen LogP contribution in [0, 0.1) is 11.8 Å². The van der Waals surface area contributed by atoms with Crippen molar-refractivity contribution in [3.05, 3.63) is 35.5 Å². The molecule has 2 atom stereocenters. The second kappa shape index (κ2) is 3.56. The molecule has 2 rings (SSSR count). The van der Waals surface area contributed by atoms with Gasteiger partial charge < -0.3 is 0 Å². The zero-order valence-electron chi connectivity index (χ0n) is 8.79. The smallest absolute Gasteiger partial charge is 0.160 e. The summed E-state index contributed by atoms with van der Waals surface area (Å²) in [7, 11) is 0. The Bertz CT molecular complexity index is 344. The number of carbonyl (C=O) groups is 1. The molecule has 0 radical (unpaired) electrons. The molecule has 2 unspecified atom stereocenters. The summed E-state index contributed by atoms with van der Waals surface area (Å²) in [5.74, 6) is 1.13. The molecular formula is C13H16O. The van der Waals surface area contributed by atoms with Crippen LogP contribution >= 0.6 is 0 Å². The maximum Gasteiger partial charge on any atom is 0.160 e. The van der Waals surface area contributed by atoms with Crippen molar-refractivity contribution in [1.29, 1.82) is 0 Å². The monoisotopic (exact) mass is 188 g/mol. The lowest BCUT2D eigenvalue weighted by atomic mass is 9.92. The fourth-order valence-electron chi connectivity index (χ4n) is 2.19. The average Bonchev–Trinajstić information content (AvgIpc) is 2.50. The van der Waals surface area contributed by atoms with Gasteiger partial charge >= 0.3 is 0 Å². The van der Waals surface area contributed by atoms with Crippen molar-refractivity contribution in [1.82, 2.24) is 0 Å². The molecule has 14 heavy (non-hydrogen) atoms. The molecule has 0 saturated heterocycles. The fourth-order valence-corrected chi connectivity index (χ4v) is 2.19. The summed E-state index contributed by atoms with van der Waals surface area (Å²) in [6.45, 7) is 4.28. The van der Waals surface area contributed by atoms with Crippen molar-refractivity contribution in [2.24, 2.45) is 11.8 Å². The lowest BCUT2D eigenvalue weighted by molar-refractivity contribution is -0.115. The predicted octanol–water partition coefficient (Wildman–Crippen LogP) is 3.04. The van der Waals surface area contributed by atoms with Crippen LogP contribution in [0.15, 0.2) is 35.5 Å². The van der Waals surface area contributed by atoms with E-state index >= 15 is 0 Å². The number of Topliss-reactive ketones (excluding diaryl/α,β-unsaturated/α-hetero) is 1. The summed E-state index contributed by atoms with van der Waals surface area (Å²) >= 11 is 0. The van der Waals surface area contributed by atoms with Crippen molar-refractivity contribution in [2.45, 2.75) is 26.7 Å². The summed E-state index contributed by atoms with van der Waals surface area (Å²) in [6.07, 6.45) is 10.3. The van der Waals surface area contributed by atoms with Gasteiger partial charge in [-0.1, -0.05) is 38.2 Å². The van der Waals surface area contributed by atoms with Crippen LogP contribution < -0.4 is 0 Å². The van der Waals surface area contributed by atoms with Gasteiger partial charge in [0.15, 0.2) is 5.78 Å². The molecule has 0 aromatic heterocycles.